The summed E-state index contributed by atoms with van der Waals surface area (Å²) < 4.78 is 30.6. The van der Waals surface area contributed by atoms with E-state index in [4.69, 9.17) is 16.3 Å². The molecule has 1 amide bonds. The molecule has 5 rings (SSSR count). The van der Waals surface area contributed by atoms with Crippen LogP contribution in [0.15, 0.2) is 42.5 Å². The van der Waals surface area contributed by atoms with Gasteiger partial charge in [-0.15, -0.1) is 0 Å². The summed E-state index contributed by atoms with van der Waals surface area (Å²) in [7, 11) is -3.24. The molecule has 0 radical (unpaired) electrons. The predicted molar refractivity (Wildman–Crippen MR) is 137 cm³/mol. The van der Waals surface area contributed by atoms with E-state index in [2.05, 4.69) is 24.0 Å². The number of carbonyl (C=O) groups is 1. The molecule has 2 unspecified atom stereocenters. The zero-order valence-electron chi connectivity index (χ0n) is 20.1. The van der Waals surface area contributed by atoms with Crippen molar-refractivity contribution in [3.05, 3.63) is 64.3 Å². The normalized spacial score (nSPS) is 20.8. The van der Waals surface area contributed by atoms with Crippen LogP contribution in [0.25, 0.3) is 11.3 Å². The Morgan fingerprint density at radius 2 is 2.06 bits per heavy atom. The van der Waals surface area contributed by atoms with Crippen LogP contribution in [0.1, 0.15) is 54.3 Å². The Morgan fingerprint density at radius 3 is 2.78 bits per heavy atom. The van der Waals surface area contributed by atoms with Gasteiger partial charge in [0.25, 0.3) is 5.91 Å². The highest BCUT2D eigenvalue weighted by Crippen LogP contribution is 2.47. The Kier molecular flexibility index (Phi) is 6.46. The van der Waals surface area contributed by atoms with E-state index in [1.54, 1.807) is 17.0 Å². The van der Waals surface area contributed by atoms with Gasteiger partial charge in [-0.3, -0.25) is 9.89 Å². The number of rotatable bonds is 7. The molecule has 36 heavy (non-hydrogen) atoms. The van der Waals surface area contributed by atoms with Gasteiger partial charge in [0.2, 0.25) is 0 Å². The molecular formula is C26H28ClN3O5S. The third kappa shape index (κ3) is 4.57. The van der Waals surface area contributed by atoms with Crippen molar-refractivity contribution in [2.45, 2.75) is 38.8 Å². The van der Waals surface area contributed by atoms with Gasteiger partial charge in [-0.2, -0.15) is 5.10 Å². The highest BCUT2D eigenvalue weighted by Gasteiger charge is 2.48. The summed E-state index contributed by atoms with van der Waals surface area (Å²) in [5, 5.41) is 18.2. The number of H-pyrrole nitrogens is 1. The number of halogens is 1. The van der Waals surface area contributed by atoms with Gasteiger partial charge in [0.1, 0.15) is 22.9 Å². The van der Waals surface area contributed by atoms with Crippen molar-refractivity contribution in [3.63, 3.8) is 0 Å². The second-order valence-electron chi connectivity index (χ2n) is 9.80. The fraction of sp³-hybridized carbons (Fsp3) is 0.385. The Balaban J connectivity index is 1.62. The lowest BCUT2D eigenvalue weighted by Gasteiger charge is -2.31. The van der Waals surface area contributed by atoms with E-state index in [-0.39, 0.29) is 28.9 Å². The molecule has 1 fully saturated rings. The number of aromatic amines is 1. The second-order valence-corrected chi connectivity index (χ2v) is 12.5. The van der Waals surface area contributed by atoms with Gasteiger partial charge < -0.3 is 14.7 Å². The van der Waals surface area contributed by atoms with Gasteiger partial charge in [0.15, 0.2) is 9.84 Å². The van der Waals surface area contributed by atoms with Crippen LogP contribution in [0.5, 0.6) is 11.5 Å². The number of benzene rings is 2. The van der Waals surface area contributed by atoms with E-state index >= 15 is 0 Å². The molecule has 1 saturated heterocycles. The van der Waals surface area contributed by atoms with Crippen LogP contribution in [0.3, 0.4) is 0 Å². The molecule has 2 aromatic carbocycles. The number of amides is 1. The summed E-state index contributed by atoms with van der Waals surface area (Å²) in [6.45, 7) is 4.82. The highest BCUT2D eigenvalue weighted by atomic mass is 35.5. The molecule has 2 aliphatic heterocycles. The number of nitrogens with zero attached hydrogens (tertiary/aromatic N) is 2. The molecule has 0 bridgehead atoms. The molecule has 2 N–H and O–H groups in total. The number of aromatic hydroxyl groups is 1. The number of ether oxygens (including phenoxy) is 1. The van der Waals surface area contributed by atoms with Crippen molar-refractivity contribution in [2.75, 3.05) is 18.1 Å². The molecule has 0 aliphatic carbocycles. The van der Waals surface area contributed by atoms with Crippen LogP contribution < -0.4 is 4.74 Å². The van der Waals surface area contributed by atoms with Gasteiger partial charge >= 0.3 is 0 Å². The number of aromatic nitrogens is 2. The van der Waals surface area contributed by atoms with Gasteiger partial charge in [-0.25, -0.2) is 8.42 Å². The summed E-state index contributed by atoms with van der Waals surface area (Å²) in [6.07, 6.45) is 1.27. The largest absolute Gasteiger partial charge is 0.507 e. The predicted octanol–water partition coefficient (Wildman–Crippen LogP) is 4.59. The number of phenolic OH excluding ortho intramolecular Hbond substituents is 1. The molecule has 8 nitrogen and oxygen atoms in total. The lowest BCUT2D eigenvalue weighted by Crippen LogP contribution is -2.40. The van der Waals surface area contributed by atoms with Gasteiger partial charge in [0.05, 0.1) is 24.2 Å². The third-order valence-electron chi connectivity index (χ3n) is 6.76. The average Bonchev–Trinajstić information content (AvgIpc) is 3.48. The fourth-order valence-electron chi connectivity index (χ4n) is 4.95. The smallest absolute Gasteiger partial charge is 0.273 e. The van der Waals surface area contributed by atoms with E-state index in [9.17, 15) is 18.3 Å². The molecule has 0 spiro atoms. The van der Waals surface area contributed by atoms with Crippen LogP contribution in [0.4, 0.5) is 0 Å². The summed E-state index contributed by atoms with van der Waals surface area (Å²) in [5.41, 5.74) is 2.43. The van der Waals surface area contributed by atoms with Crippen LogP contribution in [0.2, 0.25) is 5.02 Å². The Morgan fingerprint density at radius 1 is 1.25 bits per heavy atom. The first-order valence-electron chi connectivity index (χ1n) is 12.0. The molecular weight excluding hydrogens is 502 g/mol. The van der Waals surface area contributed by atoms with Gasteiger partial charge in [0, 0.05) is 22.2 Å². The first-order chi connectivity index (χ1) is 17.1. The van der Waals surface area contributed by atoms with E-state index in [1.807, 2.05) is 24.3 Å². The Hall–Kier alpha value is -3.04. The number of hydrogen-bond acceptors (Lipinski definition) is 6. The summed E-state index contributed by atoms with van der Waals surface area (Å²) in [6, 6.07) is 11.1. The molecule has 190 valence electrons. The maximum atomic E-state index is 13.6. The zero-order valence-corrected chi connectivity index (χ0v) is 21.6. The van der Waals surface area contributed by atoms with E-state index in [0.717, 1.165) is 12.0 Å². The number of hydrogen-bond donors (Lipinski definition) is 2. The van der Waals surface area contributed by atoms with Crippen molar-refractivity contribution in [1.82, 2.24) is 15.1 Å². The molecule has 2 aliphatic rings. The number of carbonyl (C=O) groups excluding carboxylic acids is 1. The van der Waals surface area contributed by atoms with E-state index < -0.39 is 21.9 Å². The first kappa shape index (κ1) is 24.6. The SMILES string of the molecule is CC(C)CCOc1cccc(C2c3c(-c4cc(Cl)ccc4O)n[nH]c3C(=O)N2C2CCS(=O)(=O)C2)c1. The van der Waals surface area contributed by atoms with Crippen LogP contribution in [-0.4, -0.2) is 58.7 Å². The van der Waals surface area contributed by atoms with Crippen molar-refractivity contribution in [1.29, 1.82) is 0 Å². The van der Waals surface area contributed by atoms with Crippen molar-refractivity contribution < 1.29 is 23.1 Å². The molecule has 1 aromatic heterocycles. The zero-order chi connectivity index (χ0) is 25.6. The maximum Gasteiger partial charge on any atom is 0.273 e. The molecule has 10 heteroatoms. The van der Waals surface area contributed by atoms with E-state index in [0.29, 0.717) is 46.5 Å². The number of phenols is 1. The lowest BCUT2D eigenvalue weighted by molar-refractivity contribution is 0.0677. The summed E-state index contributed by atoms with van der Waals surface area (Å²) in [4.78, 5) is 15.3. The number of sulfone groups is 1. The summed E-state index contributed by atoms with van der Waals surface area (Å²) in [5.74, 6) is 0.789. The highest BCUT2D eigenvalue weighted by molar-refractivity contribution is 7.91. The Bertz CT molecular complexity index is 1420. The fourth-order valence-corrected chi connectivity index (χ4v) is 6.84. The average molecular weight is 530 g/mol. The van der Waals surface area contributed by atoms with Crippen LogP contribution in [0, 0.1) is 5.92 Å². The number of fused-ring (bicyclic) bond motifs is 1. The number of nitrogens with one attached hydrogen (secondary N) is 1. The summed E-state index contributed by atoms with van der Waals surface area (Å²) >= 11 is 6.21. The van der Waals surface area contributed by atoms with Crippen molar-refractivity contribution in [3.8, 4) is 22.8 Å². The molecule has 3 heterocycles. The van der Waals surface area contributed by atoms with Crippen molar-refractivity contribution in [2.24, 2.45) is 5.92 Å². The standard InChI is InChI=1S/C26H28ClN3O5S/c1-15(2)8-10-35-19-5-3-4-16(12-19)25-22-23(20-13-17(27)6-7-21(20)31)28-29-24(22)26(32)30(25)18-9-11-36(33,34)14-18/h3-7,12-13,15,18,25,31H,8-11,14H2,1-2H3,(H,28,29). The first-order valence-corrected chi connectivity index (χ1v) is 14.2. The molecule has 3 aromatic rings. The van der Waals surface area contributed by atoms with Crippen molar-refractivity contribution >= 4 is 27.3 Å². The second kappa shape index (κ2) is 9.44. The minimum absolute atomic E-state index is 0.0208. The van der Waals surface area contributed by atoms with Crippen LogP contribution in [-0.2, 0) is 9.84 Å². The van der Waals surface area contributed by atoms with Gasteiger partial charge in [-0.05, 0) is 54.7 Å². The topological polar surface area (TPSA) is 113 Å². The maximum absolute atomic E-state index is 13.6. The monoisotopic (exact) mass is 529 g/mol. The minimum Gasteiger partial charge on any atom is -0.507 e. The quantitative estimate of drug-likeness (QED) is 0.463. The van der Waals surface area contributed by atoms with E-state index in [1.165, 1.54) is 6.07 Å². The van der Waals surface area contributed by atoms with Gasteiger partial charge in [-0.1, -0.05) is 37.6 Å². The molecule has 0 saturated carbocycles. The lowest BCUT2D eigenvalue weighted by atomic mass is 9.95. The molecule has 2 atom stereocenters. The third-order valence-corrected chi connectivity index (χ3v) is 8.74. The minimum atomic E-state index is -3.24. The van der Waals surface area contributed by atoms with Crippen LogP contribution >= 0.6 is 11.6 Å². The Labute approximate surface area is 215 Å².